The zero-order chi connectivity index (χ0) is 24.3. The summed E-state index contributed by atoms with van der Waals surface area (Å²) in [6, 6.07) is 10.5. The van der Waals surface area contributed by atoms with E-state index in [2.05, 4.69) is 0 Å². The van der Waals surface area contributed by atoms with Gasteiger partial charge < -0.3 is 29.5 Å². The summed E-state index contributed by atoms with van der Waals surface area (Å²) in [5.74, 6) is -0.970. The highest BCUT2D eigenvalue weighted by Crippen LogP contribution is 2.41. The van der Waals surface area contributed by atoms with Gasteiger partial charge in [0, 0.05) is 18.7 Å². The number of carbonyl (C=O) groups is 2. The Morgan fingerprint density at radius 2 is 1.79 bits per heavy atom. The first-order chi connectivity index (χ1) is 15.6. The number of amides is 1. The lowest BCUT2D eigenvalue weighted by Crippen LogP contribution is -2.35. The van der Waals surface area contributed by atoms with Crippen LogP contribution >= 0.6 is 0 Å². The smallest absolute Gasteiger partial charge is 0.295 e. The maximum Gasteiger partial charge on any atom is 0.295 e. The van der Waals surface area contributed by atoms with Crippen molar-refractivity contribution in [1.82, 2.24) is 9.80 Å². The lowest BCUT2D eigenvalue weighted by molar-refractivity contribution is -0.140. The van der Waals surface area contributed by atoms with Crippen LogP contribution in [0.15, 0.2) is 48.0 Å². The molecule has 0 bridgehead atoms. The molecule has 176 valence electrons. The summed E-state index contributed by atoms with van der Waals surface area (Å²) in [4.78, 5) is 29.3. The number of hydrogen-bond donors (Lipinski definition) is 2. The Bertz CT molecular complexity index is 1060. The Morgan fingerprint density at radius 3 is 2.33 bits per heavy atom. The Balaban J connectivity index is 2.10. The maximum atomic E-state index is 13.0. The standard InChI is InChI=1S/C25H30N2O6/c1-15(2)33-18-9-6-16(7-10-18)23(29)21-22(17-8-11-20(32-5)19(28)14-17)27(13-12-26(3)4)25(31)24(21)30/h6-11,14-15,22,28-29H,12-13H2,1-5H3/b23-21-. The molecule has 33 heavy (non-hydrogen) atoms. The lowest BCUT2D eigenvalue weighted by atomic mass is 9.95. The van der Waals surface area contributed by atoms with Gasteiger partial charge in [-0.3, -0.25) is 9.59 Å². The van der Waals surface area contributed by atoms with Gasteiger partial charge in [-0.2, -0.15) is 0 Å². The first kappa shape index (κ1) is 24.1. The SMILES string of the molecule is COc1ccc(C2/C(=C(/O)c3ccc(OC(C)C)cc3)C(=O)C(=O)N2CCN(C)C)cc1O. The fraction of sp³-hybridized carbons (Fsp3) is 0.360. The second kappa shape index (κ2) is 9.95. The molecule has 1 aliphatic rings. The number of aromatic hydroxyl groups is 1. The van der Waals surface area contributed by atoms with Gasteiger partial charge in [0.1, 0.15) is 11.5 Å². The first-order valence-corrected chi connectivity index (χ1v) is 10.7. The van der Waals surface area contributed by atoms with Gasteiger partial charge in [-0.1, -0.05) is 6.07 Å². The molecular weight excluding hydrogens is 424 g/mol. The fourth-order valence-corrected chi connectivity index (χ4v) is 3.76. The second-order valence-electron chi connectivity index (χ2n) is 8.42. The van der Waals surface area contributed by atoms with E-state index in [1.807, 2.05) is 32.8 Å². The molecule has 0 aromatic heterocycles. The number of Topliss-reactive ketones (excluding diaryl/α,β-unsaturated/α-hetero) is 1. The van der Waals surface area contributed by atoms with Gasteiger partial charge in [-0.15, -0.1) is 0 Å². The summed E-state index contributed by atoms with van der Waals surface area (Å²) >= 11 is 0. The second-order valence-corrected chi connectivity index (χ2v) is 8.42. The minimum atomic E-state index is -0.853. The van der Waals surface area contributed by atoms with E-state index in [0.29, 0.717) is 23.4 Å². The summed E-state index contributed by atoms with van der Waals surface area (Å²) < 4.78 is 10.8. The third-order valence-electron chi connectivity index (χ3n) is 5.35. The van der Waals surface area contributed by atoms with Gasteiger partial charge >= 0.3 is 0 Å². The van der Waals surface area contributed by atoms with Crippen LogP contribution in [0.3, 0.4) is 0 Å². The maximum absolute atomic E-state index is 13.0. The largest absolute Gasteiger partial charge is 0.507 e. The molecule has 3 rings (SSSR count). The molecule has 2 aromatic rings. The molecule has 1 unspecified atom stereocenters. The number of aliphatic hydroxyl groups is 1. The molecular formula is C25H30N2O6. The van der Waals surface area contributed by atoms with E-state index in [9.17, 15) is 19.8 Å². The summed E-state index contributed by atoms with van der Waals surface area (Å²) in [5, 5.41) is 21.4. The van der Waals surface area contributed by atoms with Crippen molar-refractivity contribution < 1.29 is 29.3 Å². The number of phenols is 1. The molecule has 8 nitrogen and oxygen atoms in total. The molecule has 1 saturated heterocycles. The predicted octanol–water partition coefficient (Wildman–Crippen LogP) is 3.17. The van der Waals surface area contributed by atoms with Crippen LogP contribution in [0.2, 0.25) is 0 Å². The van der Waals surface area contributed by atoms with Crippen molar-refractivity contribution in [1.29, 1.82) is 0 Å². The number of phenolic OH excluding ortho intramolecular Hbond substituents is 1. The third kappa shape index (κ3) is 5.12. The van der Waals surface area contributed by atoms with Crippen molar-refractivity contribution in [3.8, 4) is 17.2 Å². The zero-order valence-electron chi connectivity index (χ0n) is 19.5. The summed E-state index contributed by atoms with van der Waals surface area (Å²) in [6.07, 6.45) is -0.00535. The molecule has 2 aromatic carbocycles. The number of carbonyl (C=O) groups excluding carboxylic acids is 2. The van der Waals surface area contributed by atoms with E-state index in [1.54, 1.807) is 36.4 Å². The quantitative estimate of drug-likeness (QED) is 0.359. The number of benzene rings is 2. The number of ketones is 1. The van der Waals surface area contributed by atoms with Gasteiger partial charge in [-0.05, 0) is 69.9 Å². The van der Waals surface area contributed by atoms with Crippen molar-refractivity contribution in [2.75, 3.05) is 34.3 Å². The Hall–Kier alpha value is -3.52. The van der Waals surface area contributed by atoms with Crippen LogP contribution in [-0.4, -0.2) is 72.1 Å². The van der Waals surface area contributed by atoms with Gasteiger partial charge in [0.25, 0.3) is 11.7 Å². The van der Waals surface area contributed by atoms with Crippen molar-refractivity contribution in [3.63, 3.8) is 0 Å². The molecule has 0 aliphatic carbocycles. The van der Waals surface area contributed by atoms with Crippen LogP contribution in [-0.2, 0) is 9.59 Å². The molecule has 2 N–H and O–H groups in total. The van der Waals surface area contributed by atoms with E-state index in [0.717, 1.165) is 0 Å². The fourth-order valence-electron chi connectivity index (χ4n) is 3.76. The van der Waals surface area contributed by atoms with Crippen molar-refractivity contribution in [2.45, 2.75) is 26.0 Å². The van der Waals surface area contributed by atoms with Crippen LogP contribution in [0.4, 0.5) is 0 Å². The topological polar surface area (TPSA) is 99.5 Å². The number of likely N-dealkylation sites (tertiary alicyclic amines) is 1. The molecule has 1 fully saturated rings. The van der Waals surface area contributed by atoms with E-state index in [1.165, 1.54) is 18.1 Å². The average molecular weight is 455 g/mol. The van der Waals surface area contributed by atoms with Crippen molar-refractivity contribution >= 4 is 17.4 Å². The number of ether oxygens (including phenoxy) is 2. The van der Waals surface area contributed by atoms with Crippen LogP contribution in [0, 0.1) is 0 Å². The van der Waals surface area contributed by atoms with E-state index < -0.39 is 17.7 Å². The molecule has 1 aliphatic heterocycles. The molecule has 1 heterocycles. The van der Waals surface area contributed by atoms with Crippen LogP contribution in [0.25, 0.3) is 5.76 Å². The summed E-state index contributed by atoms with van der Waals surface area (Å²) in [7, 11) is 5.17. The van der Waals surface area contributed by atoms with Gasteiger partial charge in [0.2, 0.25) is 0 Å². The van der Waals surface area contributed by atoms with Crippen LogP contribution in [0.5, 0.6) is 17.2 Å². The number of rotatable bonds is 8. The molecule has 0 saturated carbocycles. The van der Waals surface area contributed by atoms with Crippen LogP contribution in [0.1, 0.15) is 31.0 Å². The Morgan fingerprint density at radius 1 is 1.12 bits per heavy atom. The van der Waals surface area contributed by atoms with Gasteiger partial charge in [0.15, 0.2) is 11.5 Å². The normalized spacial score (nSPS) is 17.8. The molecule has 1 amide bonds. The Kier molecular flexibility index (Phi) is 7.28. The number of methoxy groups -OCH3 is 1. The van der Waals surface area contributed by atoms with Crippen molar-refractivity contribution in [2.24, 2.45) is 0 Å². The van der Waals surface area contributed by atoms with E-state index in [4.69, 9.17) is 9.47 Å². The summed E-state index contributed by atoms with van der Waals surface area (Å²) in [5.41, 5.74) is 0.855. The third-order valence-corrected chi connectivity index (χ3v) is 5.35. The van der Waals surface area contributed by atoms with E-state index >= 15 is 0 Å². The van der Waals surface area contributed by atoms with Gasteiger partial charge in [-0.25, -0.2) is 0 Å². The number of nitrogens with zero attached hydrogens (tertiary/aromatic N) is 2. The Labute approximate surface area is 193 Å². The van der Waals surface area contributed by atoms with Gasteiger partial charge in [0.05, 0.1) is 24.8 Å². The minimum Gasteiger partial charge on any atom is -0.507 e. The molecule has 0 spiro atoms. The highest BCUT2D eigenvalue weighted by Gasteiger charge is 2.46. The summed E-state index contributed by atoms with van der Waals surface area (Å²) in [6.45, 7) is 4.61. The van der Waals surface area contributed by atoms with Crippen LogP contribution < -0.4 is 9.47 Å². The average Bonchev–Trinajstić information content (AvgIpc) is 3.02. The molecule has 1 atom stereocenters. The molecule has 0 radical (unpaired) electrons. The van der Waals surface area contributed by atoms with E-state index in [-0.39, 0.29) is 35.5 Å². The monoisotopic (exact) mass is 454 g/mol. The molecule has 8 heteroatoms. The number of hydrogen-bond acceptors (Lipinski definition) is 7. The highest BCUT2D eigenvalue weighted by molar-refractivity contribution is 6.46. The predicted molar refractivity (Wildman–Crippen MR) is 124 cm³/mol. The first-order valence-electron chi connectivity index (χ1n) is 10.7. The highest BCUT2D eigenvalue weighted by atomic mass is 16.5. The number of likely N-dealkylation sites (N-methyl/N-ethyl adjacent to an activating group) is 1. The van der Waals surface area contributed by atoms with Crippen molar-refractivity contribution in [3.05, 3.63) is 59.2 Å². The zero-order valence-corrected chi connectivity index (χ0v) is 19.5. The number of aliphatic hydroxyl groups excluding tert-OH is 1. The minimum absolute atomic E-state index is 0.00535. The lowest BCUT2D eigenvalue weighted by Gasteiger charge is -2.26.